The molecule has 0 aromatic heterocycles. The molecule has 3 saturated carbocycles. The fraction of sp³-hybridized carbons (Fsp3) is 0.611. The summed E-state index contributed by atoms with van der Waals surface area (Å²) in [6.45, 7) is 0. The van der Waals surface area contributed by atoms with Crippen molar-refractivity contribution in [2.45, 2.75) is 89.1 Å². The number of carbonyl (C=O) groups excluding carboxylic acids is 4. The second-order valence-corrected chi connectivity index (χ2v) is 13.9. The quantitative estimate of drug-likeness (QED) is 0.343. The molecule has 0 bridgehead atoms. The van der Waals surface area contributed by atoms with Crippen molar-refractivity contribution < 1.29 is 33.8 Å². The molecule has 4 amide bonds. The van der Waals surface area contributed by atoms with E-state index in [0.717, 1.165) is 69.8 Å². The molecule has 1 aromatic rings. The Morgan fingerprint density at radius 3 is 1.80 bits per heavy atom. The Labute approximate surface area is 264 Å². The molecule has 6 aliphatic rings. The van der Waals surface area contributed by atoms with Crippen molar-refractivity contribution in [1.82, 2.24) is 9.80 Å². The molecule has 45 heavy (non-hydrogen) atoms. The van der Waals surface area contributed by atoms with Gasteiger partial charge in [-0.2, -0.15) is 0 Å². The Balaban J connectivity index is 1.27. The minimum Gasteiger partial charge on any atom is -0.502 e. The number of carbonyl (C=O) groups is 4. The number of hydrogen-bond donors (Lipinski definition) is 1. The van der Waals surface area contributed by atoms with E-state index in [9.17, 15) is 24.3 Å². The smallest absolute Gasteiger partial charge is 0.234 e. The van der Waals surface area contributed by atoms with Crippen molar-refractivity contribution in [3.8, 4) is 17.2 Å². The summed E-state index contributed by atoms with van der Waals surface area (Å²) in [6, 6.07) is 3.30. The molecule has 4 aliphatic carbocycles. The topological polar surface area (TPSA) is 113 Å². The molecule has 2 aliphatic heterocycles. The number of imide groups is 2. The number of benzene rings is 1. The van der Waals surface area contributed by atoms with Gasteiger partial charge in [-0.05, 0) is 62.1 Å². The fourth-order valence-electron chi connectivity index (χ4n) is 9.52. The molecule has 6 atom stereocenters. The number of likely N-dealkylation sites (tertiary alicyclic amines) is 2. The van der Waals surface area contributed by atoms with E-state index in [1.54, 1.807) is 21.9 Å². The summed E-state index contributed by atoms with van der Waals surface area (Å²) >= 11 is 0. The normalized spacial score (nSPS) is 32.5. The summed E-state index contributed by atoms with van der Waals surface area (Å²) < 4.78 is 10.7. The van der Waals surface area contributed by atoms with Crippen LogP contribution in [0.25, 0.3) is 6.08 Å². The van der Waals surface area contributed by atoms with Gasteiger partial charge in [0.2, 0.25) is 29.4 Å². The Kier molecular flexibility index (Phi) is 7.98. The van der Waals surface area contributed by atoms with Gasteiger partial charge < -0.3 is 14.6 Å². The monoisotopic (exact) mass is 616 g/mol. The summed E-state index contributed by atoms with van der Waals surface area (Å²) in [4.78, 5) is 59.5. The molecule has 1 N–H and O–H groups in total. The van der Waals surface area contributed by atoms with E-state index in [-0.39, 0.29) is 58.9 Å². The second kappa shape index (κ2) is 12.0. The maximum Gasteiger partial charge on any atom is 0.234 e. The third-order valence-corrected chi connectivity index (χ3v) is 11.6. The Hall–Kier alpha value is -3.62. The van der Waals surface area contributed by atoms with Crippen molar-refractivity contribution >= 4 is 29.7 Å². The number of amides is 4. The highest BCUT2D eigenvalue weighted by Crippen LogP contribution is 2.56. The minimum absolute atomic E-state index is 0.0317. The van der Waals surface area contributed by atoms with Gasteiger partial charge >= 0.3 is 0 Å². The number of methoxy groups -OCH3 is 2. The van der Waals surface area contributed by atoms with Crippen LogP contribution in [-0.2, 0) is 19.2 Å². The van der Waals surface area contributed by atoms with Gasteiger partial charge in [-0.1, -0.05) is 62.3 Å². The van der Waals surface area contributed by atoms with E-state index in [1.165, 1.54) is 14.2 Å². The Bertz CT molecular complexity index is 1430. The molecule has 9 nitrogen and oxygen atoms in total. The average molecular weight is 617 g/mol. The highest BCUT2D eigenvalue weighted by Gasteiger charge is 2.62. The summed E-state index contributed by atoms with van der Waals surface area (Å²) in [5.41, 5.74) is 1.72. The average Bonchev–Trinajstić information content (AvgIpc) is 3.47. The van der Waals surface area contributed by atoms with Crippen LogP contribution in [0, 0.1) is 35.5 Å². The van der Waals surface area contributed by atoms with E-state index in [2.05, 4.69) is 6.08 Å². The van der Waals surface area contributed by atoms with E-state index < -0.39 is 29.6 Å². The number of phenolic OH excluding ortho intramolecular Hbond substituents is 1. The van der Waals surface area contributed by atoms with Crippen molar-refractivity contribution in [2.24, 2.45) is 35.5 Å². The number of allylic oxidation sites excluding steroid dienone is 3. The van der Waals surface area contributed by atoms with Crippen molar-refractivity contribution in [3.63, 3.8) is 0 Å². The lowest BCUT2D eigenvalue weighted by Crippen LogP contribution is -2.44. The molecule has 240 valence electrons. The number of rotatable bonds is 6. The lowest BCUT2D eigenvalue weighted by atomic mass is 9.58. The second-order valence-electron chi connectivity index (χ2n) is 13.9. The van der Waals surface area contributed by atoms with Gasteiger partial charge in [0.15, 0.2) is 11.5 Å². The number of phenols is 1. The van der Waals surface area contributed by atoms with Crippen LogP contribution in [0.3, 0.4) is 0 Å². The fourth-order valence-corrected chi connectivity index (χ4v) is 9.52. The first-order chi connectivity index (χ1) is 21.8. The van der Waals surface area contributed by atoms with E-state index in [0.29, 0.717) is 18.4 Å². The third kappa shape index (κ3) is 4.88. The van der Waals surface area contributed by atoms with Crippen LogP contribution in [0.4, 0.5) is 0 Å². The van der Waals surface area contributed by atoms with Crippen LogP contribution in [0.5, 0.6) is 17.2 Å². The molecule has 1 aromatic carbocycles. The number of fused-ring (bicyclic) bond motifs is 4. The van der Waals surface area contributed by atoms with Crippen LogP contribution in [0.15, 0.2) is 29.9 Å². The third-order valence-electron chi connectivity index (χ3n) is 11.6. The van der Waals surface area contributed by atoms with E-state index in [4.69, 9.17) is 9.47 Å². The van der Waals surface area contributed by atoms with Gasteiger partial charge in [0.05, 0.1) is 37.9 Å². The van der Waals surface area contributed by atoms with Gasteiger partial charge in [-0.25, -0.2) is 0 Å². The molecule has 0 spiro atoms. The van der Waals surface area contributed by atoms with E-state index >= 15 is 0 Å². The van der Waals surface area contributed by atoms with Crippen LogP contribution in [-0.4, -0.2) is 64.8 Å². The summed E-state index contributed by atoms with van der Waals surface area (Å²) in [5, 5.41) is 10.4. The van der Waals surface area contributed by atoms with Gasteiger partial charge in [0.25, 0.3) is 0 Å². The lowest BCUT2D eigenvalue weighted by molar-refractivity contribution is -0.145. The maximum absolute atomic E-state index is 14.2. The highest BCUT2D eigenvalue weighted by atomic mass is 16.5. The van der Waals surface area contributed by atoms with Crippen LogP contribution >= 0.6 is 0 Å². The predicted octanol–water partition coefficient (Wildman–Crippen LogP) is 5.26. The first-order valence-corrected chi connectivity index (χ1v) is 16.9. The zero-order chi connectivity index (χ0) is 31.4. The largest absolute Gasteiger partial charge is 0.502 e. The molecule has 0 radical (unpaired) electrons. The molecule has 9 heteroatoms. The van der Waals surface area contributed by atoms with Gasteiger partial charge in [-0.3, -0.25) is 29.0 Å². The number of nitrogens with zero attached hydrogens (tertiary/aromatic N) is 2. The zero-order valence-electron chi connectivity index (χ0n) is 26.3. The molecule has 2 saturated heterocycles. The van der Waals surface area contributed by atoms with Gasteiger partial charge in [0, 0.05) is 18.0 Å². The molecular formula is C36H44N2O7. The Morgan fingerprint density at radius 1 is 0.711 bits per heavy atom. The molecule has 6 unspecified atom stereocenters. The Morgan fingerprint density at radius 2 is 1.24 bits per heavy atom. The minimum atomic E-state index is -0.544. The van der Waals surface area contributed by atoms with E-state index in [1.807, 2.05) is 12.2 Å². The van der Waals surface area contributed by atoms with Crippen LogP contribution < -0.4 is 9.47 Å². The van der Waals surface area contributed by atoms with Crippen LogP contribution in [0.1, 0.15) is 82.6 Å². The van der Waals surface area contributed by atoms with Crippen molar-refractivity contribution in [2.75, 3.05) is 14.2 Å². The predicted molar refractivity (Wildman–Crippen MR) is 166 cm³/mol. The molecule has 7 rings (SSSR count). The molecule has 2 heterocycles. The van der Waals surface area contributed by atoms with Crippen molar-refractivity contribution in [1.29, 1.82) is 0 Å². The lowest BCUT2D eigenvalue weighted by Gasteiger charge is -2.43. The summed E-state index contributed by atoms with van der Waals surface area (Å²) in [6.07, 6.45) is 16.6. The van der Waals surface area contributed by atoms with Crippen LogP contribution in [0.2, 0.25) is 0 Å². The maximum atomic E-state index is 14.2. The van der Waals surface area contributed by atoms with Gasteiger partial charge in [-0.15, -0.1) is 0 Å². The van der Waals surface area contributed by atoms with Gasteiger partial charge in [0.1, 0.15) is 0 Å². The first-order valence-electron chi connectivity index (χ1n) is 16.9. The number of aromatic hydroxyl groups is 1. The number of hydrogen-bond acceptors (Lipinski definition) is 7. The molecular weight excluding hydrogens is 572 g/mol. The number of ether oxygens (including phenoxy) is 2. The SMILES string of the molecule is COc1cc(C=CC2C3=CCC4C(=O)N(C5CCCCC5)C(=O)C4C3CC3C(=O)N(C4CCCCC4)C(=O)C23)cc(OC)c1O. The standard InChI is InChI=1S/C36H44N2O7/c1-44-28-17-20(18-29(45-2)32(28)39)13-14-24-23-15-16-25-31(36(43)37(33(25)40)21-9-5-3-6-10-21)26(23)19-27-30(24)35(42)38(34(27)41)22-11-7-4-8-12-22/h13-15,17-18,21-22,24-27,30-31,39H,3-12,16,19H2,1-2H3. The summed E-state index contributed by atoms with van der Waals surface area (Å²) in [5.74, 6) is -2.53. The zero-order valence-corrected chi connectivity index (χ0v) is 26.3. The summed E-state index contributed by atoms with van der Waals surface area (Å²) in [7, 11) is 2.95. The van der Waals surface area contributed by atoms with Crippen molar-refractivity contribution in [3.05, 3.63) is 35.4 Å². The molecule has 5 fully saturated rings. The highest BCUT2D eigenvalue weighted by molar-refractivity contribution is 6.08. The first kappa shape index (κ1) is 30.1.